The van der Waals surface area contributed by atoms with E-state index in [9.17, 15) is 14.2 Å². The van der Waals surface area contributed by atoms with Gasteiger partial charge in [0.05, 0.1) is 19.1 Å². The van der Waals surface area contributed by atoms with Crippen molar-refractivity contribution in [3.8, 4) is 5.75 Å². The summed E-state index contributed by atoms with van der Waals surface area (Å²) in [4.78, 5) is 26.0. The zero-order chi connectivity index (χ0) is 20.9. The molecular formula is C21H25O6P. The van der Waals surface area contributed by atoms with Crippen LogP contribution in [0.4, 0.5) is 0 Å². The third-order valence-electron chi connectivity index (χ3n) is 5.41. The van der Waals surface area contributed by atoms with Crippen molar-refractivity contribution in [1.29, 1.82) is 0 Å². The summed E-state index contributed by atoms with van der Waals surface area (Å²) in [6.07, 6.45) is 3.31. The molecule has 7 heteroatoms. The molecule has 0 amide bonds. The van der Waals surface area contributed by atoms with Gasteiger partial charge in [-0.05, 0) is 57.5 Å². The van der Waals surface area contributed by atoms with E-state index in [-0.39, 0.29) is 18.1 Å². The van der Waals surface area contributed by atoms with Gasteiger partial charge in [0.25, 0.3) is 0 Å². The Balaban J connectivity index is 2.34. The predicted octanol–water partition coefficient (Wildman–Crippen LogP) is 4.44. The summed E-state index contributed by atoms with van der Waals surface area (Å²) >= 11 is 0. The highest BCUT2D eigenvalue weighted by Crippen LogP contribution is 2.57. The first kappa shape index (κ1) is 20.6. The Hall–Kier alpha value is -2.17. The molecule has 0 aromatic heterocycles. The fraction of sp³-hybridized carbons (Fsp3) is 0.429. The van der Waals surface area contributed by atoms with Gasteiger partial charge in [0.2, 0.25) is 5.78 Å². The van der Waals surface area contributed by atoms with Gasteiger partial charge in [-0.25, -0.2) is 4.57 Å². The van der Waals surface area contributed by atoms with Crippen LogP contribution in [-0.4, -0.2) is 31.9 Å². The maximum Gasteiger partial charge on any atom is 0.376 e. The smallest absolute Gasteiger partial charge is 0.376 e. The standard InChI is InChI=1S/C21H25O6P/c1-7-26-28(6,24)27-18-17(23)14-9-8-13(25-5)12-15(14)21(4)11-10-16(22)20(2,3)19(18)21/h8-12H,7H2,1-6H3. The summed E-state index contributed by atoms with van der Waals surface area (Å²) in [6, 6.07) is 5.16. The van der Waals surface area contributed by atoms with E-state index in [1.165, 1.54) is 12.7 Å². The fourth-order valence-corrected chi connectivity index (χ4v) is 5.11. The van der Waals surface area contributed by atoms with E-state index in [2.05, 4.69) is 0 Å². The molecule has 0 saturated heterocycles. The van der Waals surface area contributed by atoms with Gasteiger partial charge < -0.3 is 13.8 Å². The highest BCUT2D eigenvalue weighted by Gasteiger charge is 2.53. The first-order chi connectivity index (χ1) is 13.0. The molecule has 1 aromatic carbocycles. The van der Waals surface area contributed by atoms with Crippen molar-refractivity contribution in [2.45, 2.75) is 33.1 Å². The van der Waals surface area contributed by atoms with Crippen molar-refractivity contribution in [2.75, 3.05) is 20.4 Å². The van der Waals surface area contributed by atoms with Crippen LogP contribution in [0.15, 0.2) is 41.7 Å². The molecule has 2 atom stereocenters. The molecule has 3 rings (SSSR count). The Morgan fingerprint density at radius 2 is 1.82 bits per heavy atom. The summed E-state index contributed by atoms with van der Waals surface area (Å²) in [6.45, 7) is 8.61. The molecule has 28 heavy (non-hydrogen) atoms. The molecule has 0 fully saturated rings. The third kappa shape index (κ3) is 3.05. The van der Waals surface area contributed by atoms with Gasteiger partial charge in [0.15, 0.2) is 11.5 Å². The number of carbonyl (C=O) groups excluding carboxylic acids is 2. The number of benzene rings is 1. The van der Waals surface area contributed by atoms with E-state index in [1.54, 1.807) is 52.2 Å². The van der Waals surface area contributed by atoms with Crippen LogP contribution in [0, 0.1) is 5.41 Å². The van der Waals surface area contributed by atoms with Crippen molar-refractivity contribution in [3.63, 3.8) is 0 Å². The Kier molecular flexibility index (Phi) is 4.93. The molecule has 0 spiro atoms. The maximum absolute atomic E-state index is 13.4. The van der Waals surface area contributed by atoms with Crippen molar-refractivity contribution in [2.24, 2.45) is 5.41 Å². The molecule has 0 heterocycles. The first-order valence-corrected chi connectivity index (χ1v) is 11.1. The van der Waals surface area contributed by atoms with Gasteiger partial charge in [-0.15, -0.1) is 0 Å². The number of carbonyl (C=O) groups is 2. The molecule has 2 aliphatic carbocycles. The summed E-state index contributed by atoms with van der Waals surface area (Å²) in [5.41, 5.74) is -0.176. The lowest BCUT2D eigenvalue weighted by molar-refractivity contribution is -0.121. The molecule has 0 N–H and O–H groups in total. The van der Waals surface area contributed by atoms with Gasteiger partial charge >= 0.3 is 7.60 Å². The molecule has 6 nitrogen and oxygen atoms in total. The second kappa shape index (κ2) is 6.71. The average molecular weight is 404 g/mol. The van der Waals surface area contributed by atoms with Crippen LogP contribution >= 0.6 is 7.60 Å². The van der Waals surface area contributed by atoms with E-state index < -0.39 is 24.2 Å². The summed E-state index contributed by atoms with van der Waals surface area (Å²) in [5, 5.41) is 0. The maximum atomic E-state index is 13.4. The molecular weight excluding hydrogens is 379 g/mol. The minimum atomic E-state index is -3.53. The van der Waals surface area contributed by atoms with Crippen molar-refractivity contribution >= 4 is 19.2 Å². The van der Waals surface area contributed by atoms with Gasteiger partial charge in [0, 0.05) is 23.2 Å². The van der Waals surface area contributed by atoms with E-state index in [1.807, 2.05) is 6.92 Å². The zero-order valence-corrected chi connectivity index (χ0v) is 17.9. The minimum absolute atomic E-state index is 0.0675. The number of ketones is 2. The minimum Gasteiger partial charge on any atom is -0.497 e. The number of methoxy groups -OCH3 is 1. The van der Waals surface area contributed by atoms with Gasteiger partial charge in [0.1, 0.15) is 5.75 Å². The molecule has 1 aromatic rings. The normalized spacial score (nSPS) is 25.1. The molecule has 150 valence electrons. The van der Waals surface area contributed by atoms with Crippen LogP contribution in [0.2, 0.25) is 0 Å². The fourth-order valence-electron chi connectivity index (χ4n) is 4.08. The van der Waals surface area contributed by atoms with Crippen LogP contribution in [0.3, 0.4) is 0 Å². The SMILES string of the molecule is CCOP(C)(=O)OC1=C2C(C)(C)C(=O)C=CC2(C)c2cc(OC)ccc2C1=O. The van der Waals surface area contributed by atoms with Crippen LogP contribution < -0.4 is 4.74 Å². The van der Waals surface area contributed by atoms with E-state index in [0.29, 0.717) is 16.9 Å². The van der Waals surface area contributed by atoms with Crippen LogP contribution in [-0.2, 0) is 23.8 Å². The molecule has 0 saturated carbocycles. The van der Waals surface area contributed by atoms with Crippen LogP contribution in [0.5, 0.6) is 5.75 Å². The van der Waals surface area contributed by atoms with Gasteiger partial charge in [-0.3, -0.25) is 9.59 Å². The number of ether oxygens (including phenoxy) is 1. The summed E-state index contributed by atoms with van der Waals surface area (Å²) in [5.74, 6) is -0.0251. The lowest BCUT2D eigenvalue weighted by Crippen LogP contribution is -2.45. The lowest BCUT2D eigenvalue weighted by atomic mass is 9.57. The number of hydrogen-bond donors (Lipinski definition) is 0. The molecule has 0 radical (unpaired) electrons. The van der Waals surface area contributed by atoms with Gasteiger partial charge in [-0.1, -0.05) is 6.08 Å². The van der Waals surface area contributed by atoms with E-state index in [4.69, 9.17) is 13.8 Å². The largest absolute Gasteiger partial charge is 0.497 e. The summed E-state index contributed by atoms with van der Waals surface area (Å²) in [7, 11) is -1.98. The predicted molar refractivity (Wildman–Crippen MR) is 106 cm³/mol. The van der Waals surface area contributed by atoms with Crippen molar-refractivity contribution in [1.82, 2.24) is 0 Å². The topological polar surface area (TPSA) is 78.9 Å². The highest BCUT2D eigenvalue weighted by molar-refractivity contribution is 7.53. The quantitative estimate of drug-likeness (QED) is 0.675. The molecule has 2 unspecified atom stereocenters. The Morgan fingerprint density at radius 1 is 1.14 bits per heavy atom. The lowest BCUT2D eigenvalue weighted by Gasteiger charge is -2.45. The number of allylic oxidation sites excluding steroid dienone is 4. The zero-order valence-electron chi connectivity index (χ0n) is 17.0. The number of rotatable bonds is 5. The van der Waals surface area contributed by atoms with Crippen LogP contribution in [0.25, 0.3) is 0 Å². The summed E-state index contributed by atoms with van der Waals surface area (Å²) < 4.78 is 29.0. The number of hydrogen-bond acceptors (Lipinski definition) is 6. The Bertz CT molecular complexity index is 971. The van der Waals surface area contributed by atoms with Crippen molar-refractivity contribution < 1.29 is 27.9 Å². The Morgan fingerprint density at radius 3 is 2.43 bits per heavy atom. The number of fused-ring (bicyclic) bond motifs is 3. The Labute approximate surface area is 165 Å². The molecule has 2 aliphatic rings. The molecule has 0 aliphatic heterocycles. The number of Topliss-reactive ketones (excluding diaryl/α,β-unsaturated/α-hetero) is 1. The third-order valence-corrected chi connectivity index (χ3v) is 6.65. The average Bonchev–Trinajstić information content (AvgIpc) is 2.62. The van der Waals surface area contributed by atoms with E-state index in [0.717, 1.165) is 5.56 Å². The van der Waals surface area contributed by atoms with E-state index >= 15 is 0 Å². The first-order valence-electron chi connectivity index (χ1n) is 9.11. The highest BCUT2D eigenvalue weighted by atomic mass is 31.2. The van der Waals surface area contributed by atoms with Crippen molar-refractivity contribution in [3.05, 3.63) is 52.8 Å². The van der Waals surface area contributed by atoms with Gasteiger partial charge in [-0.2, -0.15) is 0 Å². The second-order valence-electron chi connectivity index (χ2n) is 7.75. The molecule has 0 bridgehead atoms. The van der Waals surface area contributed by atoms with Crippen LogP contribution in [0.1, 0.15) is 43.6 Å². The second-order valence-corrected chi connectivity index (χ2v) is 9.73. The monoisotopic (exact) mass is 404 g/mol.